The Morgan fingerprint density at radius 1 is 0.976 bits per heavy atom. The number of amides is 1. The molecular weight excluding hydrogens is 543 g/mol. The van der Waals surface area contributed by atoms with Gasteiger partial charge in [0.05, 0.1) is 23.4 Å². The van der Waals surface area contributed by atoms with E-state index in [1.807, 2.05) is 13.8 Å². The van der Waals surface area contributed by atoms with E-state index < -0.39 is 35.3 Å². The predicted molar refractivity (Wildman–Crippen MR) is 147 cm³/mol. The molecule has 0 heterocycles. The third kappa shape index (κ3) is 7.23. The maximum absolute atomic E-state index is 15.8. The van der Waals surface area contributed by atoms with Crippen LogP contribution in [-0.2, 0) is 11.2 Å². The molecule has 10 heteroatoms. The Morgan fingerprint density at radius 2 is 1.66 bits per heavy atom. The Balaban J connectivity index is 1.83. The number of carbonyl (C=O) groups excluding carboxylic acids is 1. The molecule has 3 aromatic rings. The molecule has 1 amide bonds. The number of alkyl halides is 2. The number of aromatic carboxylic acids is 1. The third-order valence-electron chi connectivity index (χ3n) is 7.17. The smallest absolute Gasteiger partial charge is 0.336 e. The van der Waals surface area contributed by atoms with E-state index in [0.717, 1.165) is 24.3 Å². The first-order valence-corrected chi connectivity index (χ1v) is 13.4. The number of hydrogen-bond donors (Lipinski definition) is 2. The number of anilines is 2. The molecule has 0 spiro atoms. The minimum Gasteiger partial charge on any atom is -0.478 e. The van der Waals surface area contributed by atoms with Gasteiger partial charge in [-0.2, -0.15) is 0 Å². The lowest BCUT2D eigenvalue weighted by molar-refractivity contribution is -0.115. The van der Waals surface area contributed by atoms with E-state index in [1.165, 1.54) is 24.3 Å². The maximum Gasteiger partial charge on any atom is 0.336 e. The molecule has 3 aromatic carbocycles. The zero-order valence-electron chi connectivity index (χ0n) is 22.7. The average Bonchev–Trinajstić information content (AvgIpc) is 2.89. The molecule has 0 aromatic heterocycles. The van der Waals surface area contributed by atoms with Gasteiger partial charge in [-0.15, -0.1) is 0 Å². The van der Waals surface area contributed by atoms with Crippen molar-refractivity contribution in [2.45, 2.75) is 57.9 Å². The Hall–Kier alpha value is -3.95. The predicted octanol–water partition coefficient (Wildman–Crippen LogP) is 7.69. The molecule has 0 radical (unpaired) electrons. The van der Waals surface area contributed by atoms with Crippen LogP contribution >= 0.6 is 0 Å². The van der Waals surface area contributed by atoms with Gasteiger partial charge in [0.2, 0.25) is 11.8 Å². The van der Waals surface area contributed by atoms with Crippen LogP contribution in [0.5, 0.6) is 0 Å². The van der Waals surface area contributed by atoms with Crippen molar-refractivity contribution in [1.82, 2.24) is 0 Å². The van der Waals surface area contributed by atoms with Crippen LogP contribution in [0, 0.1) is 23.4 Å². The average molecular weight is 575 g/mol. The summed E-state index contributed by atoms with van der Waals surface area (Å²) in [6, 6.07) is 10.5. The minimum atomic E-state index is -2.80. The van der Waals surface area contributed by atoms with Crippen LogP contribution in [0.25, 0.3) is 11.1 Å². The molecule has 4 rings (SSSR count). The van der Waals surface area contributed by atoms with Crippen LogP contribution in [0.4, 0.5) is 33.3 Å². The Labute approximate surface area is 235 Å². The van der Waals surface area contributed by atoms with Gasteiger partial charge in [0, 0.05) is 36.6 Å². The zero-order valence-corrected chi connectivity index (χ0v) is 22.7. The van der Waals surface area contributed by atoms with Gasteiger partial charge in [0.1, 0.15) is 17.5 Å². The minimum absolute atomic E-state index is 0.0315. The highest BCUT2D eigenvalue weighted by atomic mass is 19.3. The van der Waals surface area contributed by atoms with E-state index in [2.05, 4.69) is 5.32 Å². The summed E-state index contributed by atoms with van der Waals surface area (Å²) in [5.74, 6) is -7.05. The van der Waals surface area contributed by atoms with Crippen LogP contribution < -0.4 is 10.2 Å². The normalized spacial score (nSPS) is 15.1. The number of benzene rings is 3. The summed E-state index contributed by atoms with van der Waals surface area (Å²) in [5.41, 5.74) is -0.451. The summed E-state index contributed by atoms with van der Waals surface area (Å²) in [4.78, 5) is 26.7. The Bertz CT molecular complexity index is 1430. The SMILES string of the molecule is CC(C)CN(c1cc(F)c(-c2cc(F)ccc2C(=O)O)cc1NC(=O)Cc1ccccc1F)C1CCC(F)(F)CC1. The molecule has 0 unspecified atom stereocenters. The zero-order chi connectivity index (χ0) is 29.9. The van der Waals surface area contributed by atoms with Gasteiger partial charge in [-0.25, -0.2) is 26.7 Å². The van der Waals surface area contributed by atoms with Crippen LogP contribution in [0.1, 0.15) is 55.5 Å². The summed E-state index contributed by atoms with van der Waals surface area (Å²) in [7, 11) is 0. The van der Waals surface area contributed by atoms with Crippen molar-refractivity contribution in [3.05, 3.63) is 83.2 Å². The van der Waals surface area contributed by atoms with Crippen molar-refractivity contribution in [3.63, 3.8) is 0 Å². The number of carbonyl (C=O) groups is 2. The number of hydrogen-bond acceptors (Lipinski definition) is 3. The lowest BCUT2D eigenvalue weighted by Crippen LogP contribution is -2.43. The van der Waals surface area contributed by atoms with Crippen LogP contribution in [0.2, 0.25) is 0 Å². The number of nitrogens with zero attached hydrogens (tertiary/aromatic N) is 1. The molecule has 1 aliphatic carbocycles. The van der Waals surface area contributed by atoms with E-state index in [4.69, 9.17) is 0 Å². The van der Waals surface area contributed by atoms with Crippen molar-refractivity contribution in [2.24, 2.45) is 5.92 Å². The monoisotopic (exact) mass is 574 g/mol. The summed E-state index contributed by atoms with van der Waals surface area (Å²) in [6.45, 7) is 4.18. The second kappa shape index (κ2) is 12.3. The van der Waals surface area contributed by atoms with E-state index in [1.54, 1.807) is 11.0 Å². The molecule has 0 saturated heterocycles. The van der Waals surface area contributed by atoms with E-state index in [9.17, 15) is 32.3 Å². The Kier molecular flexibility index (Phi) is 8.99. The molecular formula is C31H31F5N2O3. The van der Waals surface area contributed by atoms with Crippen molar-refractivity contribution in [3.8, 4) is 11.1 Å². The van der Waals surface area contributed by atoms with Crippen molar-refractivity contribution < 1.29 is 36.6 Å². The molecule has 0 bridgehead atoms. The lowest BCUT2D eigenvalue weighted by Gasteiger charge is -2.40. The molecule has 1 saturated carbocycles. The molecule has 0 atom stereocenters. The first kappa shape index (κ1) is 30.0. The first-order chi connectivity index (χ1) is 19.3. The van der Waals surface area contributed by atoms with Crippen LogP contribution in [-0.4, -0.2) is 35.5 Å². The van der Waals surface area contributed by atoms with Gasteiger partial charge in [-0.05, 0) is 60.7 Å². The second-order valence-corrected chi connectivity index (χ2v) is 10.8. The van der Waals surface area contributed by atoms with Crippen molar-refractivity contribution in [2.75, 3.05) is 16.8 Å². The van der Waals surface area contributed by atoms with Gasteiger partial charge in [-0.1, -0.05) is 32.0 Å². The molecule has 218 valence electrons. The molecule has 1 fully saturated rings. The maximum atomic E-state index is 15.8. The van der Waals surface area contributed by atoms with E-state index >= 15 is 4.39 Å². The first-order valence-electron chi connectivity index (χ1n) is 13.4. The van der Waals surface area contributed by atoms with E-state index in [-0.39, 0.29) is 77.7 Å². The third-order valence-corrected chi connectivity index (χ3v) is 7.17. The standard InChI is InChI=1S/C31H31F5N2O3/c1-18(2)17-38(21-9-11-31(35,36)12-10-21)28-16-26(34)24(23-14-20(32)7-8-22(23)30(40)41)15-27(28)37-29(39)13-19-5-3-4-6-25(19)33/h3-8,14-16,18,21H,9-13,17H2,1-2H3,(H,37,39)(H,40,41). The lowest BCUT2D eigenvalue weighted by atomic mass is 9.89. The number of rotatable bonds is 9. The number of carboxylic acid groups (broad SMARTS) is 1. The quantitative estimate of drug-likeness (QED) is 0.257. The van der Waals surface area contributed by atoms with E-state index in [0.29, 0.717) is 6.54 Å². The molecule has 2 N–H and O–H groups in total. The van der Waals surface area contributed by atoms with Crippen LogP contribution in [0.3, 0.4) is 0 Å². The largest absolute Gasteiger partial charge is 0.478 e. The summed E-state index contributed by atoms with van der Waals surface area (Å²) < 4.78 is 72.2. The highest BCUT2D eigenvalue weighted by Crippen LogP contribution is 2.41. The Morgan fingerprint density at radius 3 is 2.29 bits per heavy atom. The highest BCUT2D eigenvalue weighted by molar-refractivity contribution is 5.99. The number of nitrogens with one attached hydrogen (secondary N) is 1. The number of carboxylic acids is 1. The topological polar surface area (TPSA) is 69.6 Å². The van der Waals surface area contributed by atoms with Gasteiger partial charge < -0.3 is 15.3 Å². The van der Waals surface area contributed by atoms with Gasteiger partial charge in [-0.3, -0.25) is 4.79 Å². The van der Waals surface area contributed by atoms with Gasteiger partial charge in [0.15, 0.2) is 0 Å². The summed E-state index contributed by atoms with van der Waals surface area (Å²) in [5, 5.41) is 12.3. The van der Waals surface area contributed by atoms with Crippen LogP contribution in [0.15, 0.2) is 54.6 Å². The van der Waals surface area contributed by atoms with Gasteiger partial charge >= 0.3 is 5.97 Å². The molecule has 1 aliphatic rings. The number of halogens is 5. The summed E-state index contributed by atoms with van der Waals surface area (Å²) in [6.07, 6.45) is -0.753. The van der Waals surface area contributed by atoms with Crippen molar-refractivity contribution in [1.29, 1.82) is 0 Å². The van der Waals surface area contributed by atoms with Gasteiger partial charge in [0.25, 0.3) is 0 Å². The molecule has 5 nitrogen and oxygen atoms in total. The highest BCUT2D eigenvalue weighted by Gasteiger charge is 2.38. The fourth-order valence-corrected chi connectivity index (χ4v) is 5.22. The molecule has 0 aliphatic heterocycles. The summed E-state index contributed by atoms with van der Waals surface area (Å²) >= 11 is 0. The fourth-order valence-electron chi connectivity index (χ4n) is 5.22. The second-order valence-electron chi connectivity index (χ2n) is 10.8. The fraction of sp³-hybridized carbons (Fsp3) is 0.355. The molecule has 41 heavy (non-hydrogen) atoms. The van der Waals surface area contributed by atoms with Crippen molar-refractivity contribution >= 4 is 23.3 Å².